The van der Waals surface area contributed by atoms with Crippen molar-refractivity contribution >= 4 is 15.9 Å². The molecule has 112 valence electrons. The van der Waals surface area contributed by atoms with Crippen LogP contribution in [-0.4, -0.2) is 55.2 Å². The first kappa shape index (κ1) is 16.4. The van der Waals surface area contributed by atoms with E-state index in [-0.39, 0.29) is 30.2 Å². The average Bonchev–Trinajstić information content (AvgIpc) is 2.44. The van der Waals surface area contributed by atoms with Crippen LogP contribution in [0.2, 0.25) is 0 Å². The molecule has 0 saturated carbocycles. The van der Waals surface area contributed by atoms with Gasteiger partial charge in [0.25, 0.3) is 0 Å². The minimum absolute atomic E-state index is 0.0642. The van der Waals surface area contributed by atoms with Crippen LogP contribution in [0, 0.1) is 5.92 Å². The fourth-order valence-electron chi connectivity index (χ4n) is 2.17. The second kappa shape index (κ2) is 7.21. The molecule has 0 aromatic heterocycles. The van der Waals surface area contributed by atoms with Gasteiger partial charge in [-0.05, 0) is 26.2 Å². The van der Waals surface area contributed by atoms with Crippen molar-refractivity contribution in [1.82, 2.24) is 9.62 Å². The molecule has 1 aliphatic rings. The van der Waals surface area contributed by atoms with Gasteiger partial charge in [-0.3, -0.25) is 4.79 Å². The van der Waals surface area contributed by atoms with Gasteiger partial charge in [-0.1, -0.05) is 6.92 Å². The summed E-state index contributed by atoms with van der Waals surface area (Å²) in [5.74, 6) is -0.120. The van der Waals surface area contributed by atoms with Gasteiger partial charge in [-0.2, -0.15) is 0 Å². The van der Waals surface area contributed by atoms with Crippen molar-refractivity contribution in [2.75, 3.05) is 25.4 Å². The van der Waals surface area contributed by atoms with Crippen molar-refractivity contribution in [3.8, 4) is 0 Å². The zero-order valence-electron chi connectivity index (χ0n) is 11.6. The lowest BCUT2D eigenvalue weighted by Gasteiger charge is -2.31. The number of hydrogen-bond donors (Lipinski definition) is 2. The highest BCUT2D eigenvalue weighted by molar-refractivity contribution is 7.89. The Labute approximate surface area is 115 Å². The Morgan fingerprint density at radius 3 is 2.37 bits per heavy atom. The molecule has 1 aliphatic heterocycles. The van der Waals surface area contributed by atoms with Crippen LogP contribution in [0.15, 0.2) is 0 Å². The van der Waals surface area contributed by atoms with Crippen molar-refractivity contribution in [1.29, 1.82) is 0 Å². The standard InChI is InChI=1S/C12H24N2O4S/c1-3-11(9-15)13-12(16)10-5-7-14(8-6-10)19(17,18)4-2/h10-11,15H,3-9H2,1-2H3,(H,13,16)/t11-/m1/s1. The Morgan fingerprint density at radius 1 is 1.37 bits per heavy atom. The highest BCUT2D eigenvalue weighted by Gasteiger charge is 2.30. The number of nitrogens with one attached hydrogen (secondary N) is 1. The molecule has 1 saturated heterocycles. The van der Waals surface area contributed by atoms with E-state index in [0.717, 1.165) is 0 Å². The lowest BCUT2D eigenvalue weighted by Crippen LogP contribution is -2.46. The molecule has 1 heterocycles. The maximum Gasteiger partial charge on any atom is 0.223 e. The Hall–Kier alpha value is -0.660. The third-order valence-corrected chi connectivity index (χ3v) is 5.52. The van der Waals surface area contributed by atoms with Crippen LogP contribution in [0.25, 0.3) is 0 Å². The van der Waals surface area contributed by atoms with Crippen molar-refractivity contribution < 1.29 is 18.3 Å². The van der Waals surface area contributed by atoms with Gasteiger partial charge < -0.3 is 10.4 Å². The van der Waals surface area contributed by atoms with E-state index in [1.165, 1.54) is 4.31 Å². The summed E-state index contributed by atoms with van der Waals surface area (Å²) in [6.45, 7) is 4.28. The number of aliphatic hydroxyl groups is 1. The fourth-order valence-corrected chi connectivity index (χ4v) is 3.31. The average molecular weight is 292 g/mol. The molecule has 7 heteroatoms. The first-order chi connectivity index (χ1) is 8.94. The molecule has 1 amide bonds. The third kappa shape index (κ3) is 4.43. The van der Waals surface area contributed by atoms with E-state index in [1.807, 2.05) is 6.92 Å². The van der Waals surface area contributed by atoms with Gasteiger partial charge >= 0.3 is 0 Å². The van der Waals surface area contributed by atoms with Crippen LogP contribution in [0.3, 0.4) is 0 Å². The van der Waals surface area contributed by atoms with E-state index in [1.54, 1.807) is 6.92 Å². The summed E-state index contributed by atoms with van der Waals surface area (Å²) in [6, 6.07) is -0.204. The number of sulfonamides is 1. The molecule has 0 unspecified atom stereocenters. The van der Waals surface area contributed by atoms with E-state index in [9.17, 15) is 13.2 Å². The molecule has 2 N–H and O–H groups in total. The summed E-state index contributed by atoms with van der Waals surface area (Å²) in [7, 11) is -3.14. The number of nitrogens with zero attached hydrogens (tertiary/aromatic N) is 1. The van der Waals surface area contributed by atoms with Crippen molar-refractivity contribution in [3.05, 3.63) is 0 Å². The highest BCUT2D eigenvalue weighted by Crippen LogP contribution is 2.20. The molecular formula is C12H24N2O4S. The Bertz CT molecular complexity index is 385. The second-order valence-corrected chi connectivity index (χ2v) is 7.13. The minimum atomic E-state index is -3.14. The van der Waals surface area contributed by atoms with Crippen LogP contribution < -0.4 is 5.32 Å². The molecule has 1 fully saturated rings. The monoisotopic (exact) mass is 292 g/mol. The first-order valence-electron chi connectivity index (χ1n) is 6.83. The van der Waals surface area contributed by atoms with E-state index >= 15 is 0 Å². The van der Waals surface area contributed by atoms with Gasteiger partial charge in [0, 0.05) is 19.0 Å². The fraction of sp³-hybridized carbons (Fsp3) is 0.917. The Balaban J connectivity index is 2.48. The first-order valence-corrected chi connectivity index (χ1v) is 8.44. The summed E-state index contributed by atoms with van der Waals surface area (Å²) >= 11 is 0. The number of carbonyl (C=O) groups is 1. The molecule has 0 aliphatic carbocycles. The molecule has 1 atom stereocenters. The largest absolute Gasteiger partial charge is 0.394 e. The number of rotatable bonds is 6. The quantitative estimate of drug-likeness (QED) is 0.718. The summed E-state index contributed by atoms with van der Waals surface area (Å²) in [6.07, 6.45) is 1.78. The molecule has 0 aromatic rings. The summed E-state index contributed by atoms with van der Waals surface area (Å²) in [5.41, 5.74) is 0. The number of piperidine rings is 1. The van der Waals surface area contributed by atoms with Crippen LogP contribution in [0.5, 0.6) is 0 Å². The molecule has 0 aromatic carbocycles. The second-order valence-electron chi connectivity index (χ2n) is 4.87. The lowest BCUT2D eigenvalue weighted by atomic mass is 9.97. The van der Waals surface area contributed by atoms with E-state index in [4.69, 9.17) is 5.11 Å². The molecule has 0 bridgehead atoms. The minimum Gasteiger partial charge on any atom is -0.394 e. The van der Waals surface area contributed by atoms with E-state index in [0.29, 0.717) is 32.4 Å². The van der Waals surface area contributed by atoms with Crippen molar-refractivity contribution in [3.63, 3.8) is 0 Å². The Morgan fingerprint density at radius 2 is 1.95 bits per heavy atom. The third-order valence-electron chi connectivity index (χ3n) is 3.64. The zero-order valence-corrected chi connectivity index (χ0v) is 12.4. The maximum atomic E-state index is 12.0. The number of amides is 1. The molecule has 0 radical (unpaired) electrons. The van der Waals surface area contributed by atoms with Gasteiger partial charge in [0.2, 0.25) is 15.9 Å². The van der Waals surface area contributed by atoms with Crippen LogP contribution in [-0.2, 0) is 14.8 Å². The maximum absolute atomic E-state index is 12.0. The van der Waals surface area contributed by atoms with Gasteiger partial charge in [0.05, 0.1) is 18.4 Å². The molecule has 1 rings (SSSR count). The van der Waals surface area contributed by atoms with Gasteiger partial charge in [-0.15, -0.1) is 0 Å². The number of aliphatic hydroxyl groups excluding tert-OH is 1. The SMILES string of the molecule is CC[C@H](CO)NC(=O)C1CCN(S(=O)(=O)CC)CC1. The van der Waals surface area contributed by atoms with Crippen LogP contribution in [0.4, 0.5) is 0 Å². The molecule has 6 nitrogen and oxygen atoms in total. The van der Waals surface area contributed by atoms with Gasteiger partial charge in [-0.25, -0.2) is 12.7 Å². The Kier molecular flexibility index (Phi) is 6.22. The lowest BCUT2D eigenvalue weighted by molar-refractivity contribution is -0.127. The molecule has 0 spiro atoms. The molecular weight excluding hydrogens is 268 g/mol. The predicted molar refractivity (Wildman–Crippen MR) is 73.1 cm³/mol. The van der Waals surface area contributed by atoms with Crippen molar-refractivity contribution in [2.45, 2.75) is 39.2 Å². The van der Waals surface area contributed by atoms with Gasteiger partial charge in [0.15, 0.2) is 0 Å². The van der Waals surface area contributed by atoms with Crippen LogP contribution in [0.1, 0.15) is 33.1 Å². The number of hydrogen-bond acceptors (Lipinski definition) is 4. The highest BCUT2D eigenvalue weighted by atomic mass is 32.2. The molecule has 19 heavy (non-hydrogen) atoms. The van der Waals surface area contributed by atoms with Crippen LogP contribution >= 0.6 is 0 Å². The predicted octanol–water partition coefficient (Wildman–Crippen LogP) is -0.0648. The van der Waals surface area contributed by atoms with Crippen molar-refractivity contribution in [2.24, 2.45) is 5.92 Å². The topological polar surface area (TPSA) is 86.7 Å². The summed E-state index contributed by atoms with van der Waals surface area (Å²) < 4.78 is 24.8. The summed E-state index contributed by atoms with van der Waals surface area (Å²) in [4.78, 5) is 12.0. The smallest absolute Gasteiger partial charge is 0.223 e. The van der Waals surface area contributed by atoms with E-state index in [2.05, 4.69) is 5.32 Å². The summed E-state index contributed by atoms with van der Waals surface area (Å²) in [5, 5.41) is 11.8. The number of carbonyl (C=O) groups excluding carboxylic acids is 1. The van der Waals surface area contributed by atoms with Gasteiger partial charge in [0.1, 0.15) is 0 Å². The normalized spacial score (nSPS) is 20.2. The van der Waals surface area contributed by atoms with E-state index < -0.39 is 10.0 Å². The zero-order chi connectivity index (χ0) is 14.5.